The molecule has 1 aliphatic carbocycles. The maximum absolute atomic E-state index is 11.0. The van der Waals surface area contributed by atoms with E-state index in [9.17, 15) is 10.1 Å². The molecule has 8 nitrogen and oxygen atoms in total. The maximum Gasteiger partial charge on any atom is 0.368 e. The molecule has 0 amide bonds. The molecule has 1 aliphatic rings. The van der Waals surface area contributed by atoms with Gasteiger partial charge in [-0.05, 0) is 41.0 Å². The zero-order valence-electron chi connectivity index (χ0n) is 13.0. The normalized spacial score (nSPS) is 16.1. The molecule has 0 spiro atoms. The number of nitrogens with one attached hydrogen (secondary N) is 1. The number of methoxy groups -OCH3 is 1. The molecule has 122 valence electrons. The highest BCUT2D eigenvalue weighted by Crippen LogP contribution is 2.38. The monoisotopic (exact) mass is 325 g/mol. The number of nitro groups is 1. The Bertz CT molecular complexity index is 937. The van der Waals surface area contributed by atoms with Crippen LogP contribution in [0.15, 0.2) is 36.5 Å². The fourth-order valence-electron chi connectivity index (χ4n) is 3.20. The first-order valence-electron chi connectivity index (χ1n) is 7.59. The number of nitrogens with zero attached hydrogens (tertiary/aromatic N) is 4. The molecule has 1 aromatic carbocycles. The van der Waals surface area contributed by atoms with Crippen LogP contribution in [0.4, 0.5) is 11.6 Å². The van der Waals surface area contributed by atoms with E-state index >= 15 is 0 Å². The number of imidazole rings is 1. The molecule has 1 unspecified atom stereocenters. The minimum Gasteiger partial charge on any atom is -0.496 e. The summed E-state index contributed by atoms with van der Waals surface area (Å²) in [6, 6.07) is 9.59. The van der Waals surface area contributed by atoms with Gasteiger partial charge in [0.2, 0.25) is 5.65 Å². The van der Waals surface area contributed by atoms with Crippen LogP contribution in [0.25, 0.3) is 5.65 Å². The summed E-state index contributed by atoms with van der Waals surface area (Å²) < 4.78 is 6.65. The number of hydrogen-bond donors (Lipinski definition) is 1. The van der Waals surface area contributed by atoms with Gasteiger partial charge in [-0.15, -0.1) is 0 Å². The summed E-state index contributed by atoms with van der Waals surface area (Å²) >= 11 is 0. The largest absolute Gasteiger partial charge is 0.496 e. The summed E-state index contributed by atoms with van der Waals surface area (Å²) in [7, 11) is 1.67. The van der Waals surface area contributed by atoms with Crippen LogP contribution in [0.3, 0.4) is 0 Å². The molecule has 1 atom stereocenters. The van der Waals surface area contributed by atoms with E-state index in [-0.39, 0.29) is 11.9 Å². The van der Waals surface area contributed by atoms with Crippen LogP contribution in [-0.2, 0) is 6.42 Å². The van der Waals surface area contributed by atoms with Crippen LogP contribution in [0.2, 0.25) is 0 Å². The van der Waals surface area contributed by atoms with Crippen molar-refractivity contribution in [2.75, 3.05) is 12.4 Å². The molecule has 0 radical (unpaired) electrons. The zero-order valence-corrected chi connectivity index (χ0v) is 13.0. The number of hydrogen-bond acceptors (Lipinski definition) is 6. The average Bonchev–Trinajstić information content (AvgIpc) is 3.19. The highest BCUT2D eigenvalue weighted by atomic mass is 16.6. The zero-order chi connectivity index (χ0) is 16.7. The highest BCUT2D eigenvalue weighted by molar-refractivity contribution is 5.52. The topological polar surface area (TPSA) is 94.6 Å². The van der Waals surface area contributed by atoms with E-state index < -0.39 is 4.92 Å². The molecule has 24 heavy (non-hydrogen) atoms. The Labute approximate surface area is 137 Å². The van der Waals surface area contributed by atoms with Crippen LogP contribution < -0.4 is 10.1 Å². The first-order valence-corrected chi connectivity index (χ1v) is 7.59. The molecule has 0 aliphatic heterocycles. The molecule has 3 aromatic rings. The minimum absolute atomic E-state index is 0.0997. The van der Waals surface area contributed by atoms with Crippen molar-refractivity contribution in [3.63, 3.8) is 0 Å². The van der Waals surface area contributed by atoms with Gasteiger partial charge in [0.25, 0.3) is 0 Å². The fourth-order valence-corrected chi connectivity index (χ4v) is 3.20. The second-order valence-electron chi connectivity index (χ2n) is 5.63. The van der Waals surface area contributed by atoms with Crippen LogP contribution in [0.1, 0.15) is 23.6 Å². The van der Waals surface area contributed by atoms with E-state index in [0.29, 0.717) is 11.5 Å². The second kappa shape index (κ2) is 5.48. The van der Waals surface area contributed by atoms with Gasteiger partial charge in [-0.1, -0.05) is 21.7 Å². The predicted molar refractivity (Wildman–Crippen MR) is 87.3 cm³/mol. The Morgan fingerprint density at radius 3 is 3.04 bits per heavy atom. The van der Waals surface area contributed by atoms with Crippen LogP contribution in [-0.4, -0.2) is 26.6 Å². The van der Waals surface area contributed by atoms with E-state index in [4.69, 9.17) is 4.74 Å². The van der Waals surface area contributed by atoms with Crippen molar-refractivity contribution in [2.24, 2.45) is 0 Å². The van der Waals surface area contributed by atoms with E-state index in [1.165, 1.54) is 21.8 Å². The Hall–Kier alpha value is -3.16. The van der Waals surface area contributed by atoms with Crippen molar-refractivity contribution in [3.8, 4) is 5.75 Å². The molecule has 0 fully saturated rings. The third-order valence-corrected chi connectivity index (χ3v) is 4.30. The number of fused-ring (bicyclic) bond motifs is 2. The molecule has 2 heterocycles. The number of anilines is 1. The second-order valence-corrected chi connectivity index (χ2v) is 5.63. The van der Waals surface area contributed by atoms with Gasteiger partial charge in [0, 0.05) is 6.07 Å². The number of benzene rings is 1. The lowest BCUT2D eigenvalue weighted by Gasteiger charge is -2.14. The van der Waals surface area contributed by atoms with Crippen LogP contribution >= 0.6 is 0 Å². The third kappa shape index (κ3) is 2.23. The lowest BCUT2D eigenvalue weighted by atomic mass is 10.1. The number of ether oxygens (including phenoxy) is 1. The van der Waals surface area contributed by atoms with Gasteiger partial charge in [0.15, 0.2) is 5.82 Å². The molecular formula is C16H15N5O3. The number of rotatable bonds is 4. The Morgan fingerprint density at radius 2 is 2.25 bits per heavy atom. The summed E-state index contributed by atoms with van der Waals surface area (Å²) in [5, 5.41) is 18.7. The van der Waals surface area contributed by atoms with Gasteiger partial charge >= 0.3 is 5.82 Å². The van der Waals surface area contributed by atoms with Gasteiger partial charge in [0.05, 0.1) is 13.2 Å². The minimum atomic E-state index is -0.494. The van der Waals surface area contributed by atoms with Crippen molar-refractivity contribution in [2.45, 2.75) is 18.9 Å². The molecule has 8 heteroatoms. The lowest BCUT2D eigenvalue weighted by Crippen LogP contribution is -2.10. The summed E-state index contributed by atoms with van der Waals surface area (Å²) in [5.74, 6) is 1.32. The summed E-state index contributed by atoms with van der Waals surface area (Å²) in [5.41, 5.74) is 2.82. The lowest BCUT2D eigenvalue weighted by molar-refractivity contribution is -0.391. The van der Waals surface area contributed by atoms with Crippen LogP contribution in [0.5, 0.6) is 5.75 Å². The third-order valence-electron chi connectivity index (χ3n) is 4.30. The van der Waals surface area contributed by atoms with E-state index in [0.717, 1.165) is 18.6 Å². The molecule has 2 aromatic heterocycles. The SMILES string of the molecule is COc1cccc2c1CCC2Nc1ccc2ncc([N+](=O)[O-])n2n1. The summed E-state index contributed by atoms with van der Waals surface area (Å²) in [4.78, 5) is 14.5. The van der Waals surface area contributed by atoms with Gasteiger partial charge in [-0.3, -0.25) is 0 Å². The molecule has 1 N–H and O–H groups in total. The highest BCUT2D eigenvalue weighted by Gasteiger charge is 2.26. The van der Waals surface area contributed by atoms with Crippen molar-refractivity contribution in [3.05, 3.63) is 57.8 Å². The Balaban J connectivity index is 1.67. The first-order chi connectivity index (χ1) is 11.7. The van der Waals surface area contributed by atoms with Crippen molar-refractivity contribution in [1.82, 2.24) is 14.6 Å². The average molecular weight is 325 g/mol. The van der Waals surface area contributed by atoms with Crippen molar-refractivity contribution >= 4 is 17.3 Å². The predicted octanol–water partition coefficient (Wildman–Crippen LogP) is 2.75. The van der Waals surface area contributed by atoms with Gasteiger partial charge in [-0.2, -0.15) is 0 Å². The molecule has 4 rings (SSSR count). The first kappa shape index (κ1) is 14.4. The van der Waals surface area contributed by atoms with E-state index in [1.807, 2.05) is 12.1 Å². The van der Waals surface area contributed by atoms with Crippen LogP contribution in [0, 0.1) is 10.1 Å². The van der Waals surface area contributed by atoms with E-state index in [1.54, 1.807) is 19.2 Å². The Kier molecular flexibility index (Phi) is 3.30. The summed E-state index contributed by atoms with van der Waals surface area (Å²) in [6.07, 6.45) is 3.05. The molecular weight excluding hydrogens is 310 g/mol. The van der Waals surface area contributed by atoms with E-state index in [2.05, 4.69) is 21.5 Å². The van der Waals surface area contributed by atoms with Crippen molar-refractivity contribution in [1.29, 1.82) is 0 Å². The standard InChI is InChI=1S/C16H15N5O3/c1-24-13-4-2-3-10-11(13)5-6-12(10)18-14-7-8-15-17-9-16(21(22)23)20(15)19-14/h2-4,7-9,12H,5-6H2,1H3,(H,18,19). The number of aromatic nitrogens is 3. The molecule has 0 saturated carbocycles. The molecule has 0 saturated heterocycles. The van der Waals surface area contributed by atoms with Gasteiger partial charge in [-0.25, -0.2) is 4.98 Å². The quantitative estimate of drug-likeness (QED) is 0.585. The van der Waals surface area contributed by atoms with Gasteiger partial charge in [0.1, 0.15) is 11.9 Å². The fraction of sp³-hybridized carbons (Fsp3) is 0.250. The molecule has 0 bridgehead atoms. The maximum atomic E-state index is 11.0. The summed E-state index contributed by atoms with van der Waals surface area (Å²) in [6.45, 7) is 0. The smallest absolute Gasteiger partial charge is 0.368 e. The Morgan fingerprint density at radius 1 is 1.38 bits per heavy atom. The van der Waals surface area contributed by atoms with Gasteiger partial charge < -0.3 is 20.2 Å². The van der Waals surface area contributed by atoms with Crippen molar-refractivity contribution < 1.29 is 9.66 Å².